The molecule has 1 aliphatic heterocycles. The van der Waals surface area contributed by atoms with E-state index in [-0.39, 0.29) is 17.2 Å². The predicted molar refractivity (Wildman–Crippen MR) is 88.5 cm³/mol. The number of urea groups is 1. The highest BCUT2D eigenvalue weighted by atomic mass is 32.2. The number of thiophene rings is 1. The summed E-state index contributed by atoms with van der Waals surface area (Å²) in [6, 6.07) is 3.81. The number of thioether (sulfide) groups is 1. The minimum Gasteiger partial charge on any atom is -0.336 e. The summed E-state index contributed by atoms with van der Waals surface area (Å²) >= 11 is 3.05. The molecule has 1 unspecified atom stereocenters. The van der Waals surface area contributed by atoms with E-state index < -0.39 is 0 Å². The number of aryl methyl sites for hydroxylation is 2. The third kappa shape index (κ3) is 3.73. The van der Waals surface area contributed by atoms with Crippen molar-refractivity contribution in [1.29, 1.82) is 0 Å². The summed E-state index contributed by atoms with van der Waals surface area (Å²) in [5.74, 6) is -0.196. The van der Waals surface area contributed by atoms with Crippen molar-refractivity contribution < 1.29 is 9.59 Å². The molecule has 0 aliphatic carbocycles. The maximum Gasteiger partial charge on any atom is 0.324 e. The summed E-state index contributed by atoms with van der Waals surface area (Å²) in [4.78, 5) is 26.5. The van der Waals surface area contributed by atoms with Crippen LogP contribution in [0.3, 0.4) is 0 Å². The number of carbonyl (C=O) groups excluding carboxylic acids is 2. The van der Waals surface area contributed by atoms with Gasteiger partial charge in [0.2, 0.25) is 5.91 Å². The highest BCUT2D eigenvalue weighted by Gasteiger charge is 2.30. The van der Waals surface area contributed by atoms with Crippen molar-refractivity contribution in [3.63, 3.8) is 0 Å². The van der Waals surface area contributed by atoms with Gasteiger partial charge in [0.15, 0.2) is 5.16 Å². The molecule has 0 bridgehead atoms. The molecule has 0 spiro atoms. The Morgan fingerprint density at radius 1 is 1.57 bits per heavy atom. The first-order chi connectivity index (χ1) is 11.1. The van der Waals surface area contributed by atoms with E-state index in [0.29, 0.717) is 18.2 Å². The van der Waals surface area contributed by atoms with E-state index in [2.05, 4.69) is 27.0 Å². The van der Waals surface area contributed by atoms with Crippen LogP contribution in [0.25, 0.3) is 0 Å². The van der Waals surface area contributed by atoms with Gasteiger partial charge < -0.3 is 9.88 Å². The Bertz CT molecular complexity index is 685. The van der Waals surface area contributed by atoms with E-state index in [0.717, 1.165) is 13.0 Å². The predicted octanol–water partition coefficient (Wildman–Crippen LogP) is 1.61. The van der Waals surface area contributed by atoms with E-state index in [1.165, 1.54) is 21.5 Å². The van der Waals surface area contributed by atoms with Crippen molar-refractivity contribution in [2.24, 2.45) is 0 Å². The Morgan fingerprint density at radius 2 is 2.43 bits per heavy atom. The number of hydrogen-bond donors (Lipinski definition) is 1. The van der Waals surface area contributed by atoms with Gasteiger partial charge in [0.05, 0.1) is 5.25 Å². The molecule has 1 aliphatic rings. The zero-order valence-electron chi connectivity index (χ0n) is 12.6. The molecule has 1 saturated heterocycles. The Morgan fingerprint density at radius 3 is 3.13 bits per heavy atom. The number of carbonyl (C=O) groups is 2. The van der Waals surface area contributed by atoms with Crippen LogP contribution in [0.15, 0.2) is 29.0 Å². The lowest BCUT2D eigenvalue weighted by molar-refractivity contribution is -0.126. The third-order valence-corrected chi connectivity index (χ3v) is 5.53. The molecule has 122 valence electrons. The molecule has 1 N–H and O–H groups in total. The van der Waals surface area contributed by atoms with Crippen LogP contribution in [0.2, 0.25) is 0 Å². The molecule has 9 heteroatoms. The maximum absolute atomic E-state index is 12.3. The van der Waals surface area contributed by atoms with Gasteiger partial charge in [0.25, 0.3) is 0 Å². The Kier molecular flexibility index (Phi) is 4.97. The standard InChI is InChI=1S/C14H17N5O2S2/c1-10(12(20)19-7-5-15-13(19)21)23-14-17-16-9-18(14)6-4-11-3-2-8-22-11/h2-3,8-10H,4-7H2,1H3,(H,15,21). The summed E-state index contributed by atoms with van der Waals surface area (Å²) in [5, 5.41) is 13.0. The fourth-order valence-corrected chi connectivity index (χ4v) is 3.89. The topological polar surface area (TPSA) is 80.1 Å². The largest absolute Gasteiger partial charge is 0.336 e. The van der Waals surface area contributed by atoms with Crippen LogP contribution in [0.4, 0.5) is 4.79 Å². The molecule has 23 heavy (non-hydrogen) atoms. The second kappa shape index (κ2) is 7.14. The quantitative estimate of drug-likeness (QED) is 0.800. The van der Waals surface area contributed by atoms with E-state index >= 15 is 0 Å². The average molecular weight is 351 g/mol. The molecule has 2 aromatic heterocycles. The lowest BCUT2D eigenvalue weighted by Crippen LogP contribution is -2.39. The highest BCUT2D eigenvalue weighted by Crippen LogP contribution is 2.23. The number of aromatic nitrogens is 3. The smallest absolute Gasteiger partial charge is 0.324 e. The molecule has 3 rings (SSSR count). The van der Waals surface area contributed by atoms with Crippen molar-refractivity contribution in [2.45, 2.75) is 30.3 Å². The summed E-state index contributed by atoms with van der Waals surface area (Å²) in [6.45, 7) is 3.49. The number of hydrogen-bond acceptors (Lipinski definition) is 6. The van der Waals surface area contributed by atoms with E-state index in [1.807, 2.05) is 10.6 Å². The molecular formula is C14H17N5O2S2. The van der Waals surface area contributed by atoms with Gasteiger partial charge in [-0.05, 0) is 24.8 Å². The minimum atomic E-state index is -0.386. The zero-order chi connectivity index (χ0) is 16.2. The van der Waals surface area contributed by atoms with Crippen LogP contribution in [0.1, 0.15) is 11.8 Å². The monoisotopic (exact) mass is 351 g/mol. The molecule has 1 atom stereocenters. The molecule has 3 heterocycles. The molecule has 7 nitrogen and oxygen atoms in total. The third-order valence-electron chi connectivity index (χ3n) is 3.51. The number of rotatable bonds is 6. The summed E-state index contributed by atoms with van der Waals surface area (Å²) in [7, 11) is 0. The fourth-order valence-electron chi connectivity index (χ4n) is 2.28. The number of amides is 3. The van der Waals surface area contributed by atoms with Gasteiger partial charge in [0.1, 0.15) is 6.33 Å². The van der Waals surface area contributed by atoms with Gasteiger partial charge in [0, 0.05) is 24.5 Å². The minimum absolute atomic E-state index is 0.196. The van der Waals surface area contributed by atoms with Gasteiger partial charge in [-0.1, -0.05) is 17.8 Å². The van der Waals surface area contributed by atoms with Crippen molar-refractivity contribution in [2.75, 3.05) is 13.1 Å². The van der Waals surface area contributed by atoms with E-state index in [4.69, 9.17) is 0 Å². The van der Waals surface area contributed by atoms with Crippen molar-refractivity contribution in [3.05, 3.63) is 28.7 Å². The van der Waals surface area contributed by atoms with Gasteiger partial charge in [-0.25, -0.2) is 4.79 Å². The first-order valence-electron chi connectivity index (χ1n) is 7.31. The van der Waals surface area contributed by atoms with Crippen LogP contribution >= 0.6 is 23.1 Å². The fraction of sp³-hybridized carbons (Fsp3) is 0.429. The van der Waals surface area contributed by atoms with Gasteiger partial charge in [-0.3, -0.25) is 9.69 Å². The van der Waals surface area contributed by atoms with Gasteiger partial charge >= 0.3 is 6.03 Å². The van der Waals surface area contributed by atoms with Crippen molar-refractivity contribution in [3.8, 4) is 0 Å². The number of nitrogens with one attached hydrogen (secondary N) is 1. The highest BCUT2D eigenvalue weighted by molar-refractivity contribution is 8.00. The molecule has 1 fully saturated rings. The lowest BCUT2D eigenvalue weighted by Gasteiger charge is -2.17. The second-order valence-electron chi connectivity index (χ2n) is 5.12. The summed E-state index contributed by atoms with van der Waals surface area (Å²) in [6.07, 6.45) is 2.58. The Hall–Kier alpha value is -1.87. The summed E-state index contributed by atoms with van der Waals surface area (Å²) < 4.78 is 1.94. The first-order valence-corrected chi connectivity index (χ1v) is 9.07. The molecule has 3 amide bonds. The average Bonchev–Trinajstić information content (AvgIpc) is 3.26. The normalized spacial score (nSPS) is 15.7. The number of imide groups is 1. The van der Waals surface area contributed by atoms with Crippen LogP contribution in [0, 0.1) is 0 Å². The van der Waals surface area contributed by atoms with Crippen LogP contribution in [0.5, 0.6) is 0 Å². The second-order valence-corrected chi connectivity index (χ2v) is 7.46. The molecule has 0 radical (unpaired) electrons. The van der Waals surface area contributed by atoms with Crippen molar-refractivity contribution in [1.82, 2.24) is 25.0 Å². The van der Waals surface area contributed by atoms with Crippen LogP contribution in [-0.2, 0) is 17.8 Å². The van der Waals surface area contributed by atoms with Gasteiger partial charge in [-0.15, -0.1) is 21.5 Å². The van der Waals surface area contributed by atoms with E-state index in [9.17, 15) is 9.59 Å². The van der Waals surface area contributed by atoms with Gasteiger partial charge in [-0.2, -0.15) is 0 Å². The zero-order valence-corrected chi connectivity index (χ0v) is 14.3. The first kappa shape index (κ1) is 16.0. The van der Waals surface area contributed by atoms with Crippen LogP contribution < -0.4 is 5.32 Å². The number of nitrogens with zero attached hydrogens (tertiary/aromatic N) is 4. The molecule has 2 aromatic rings. The lowest BCUT2D eigenvalue weighted by atomic mass is 10.3. The van der Waals surface area contributed by atoms with E-state index in [1.54, 1.807) is 24.6 Å². The molecular weight excluding hydrogens is 334 g/mol. The van der Waals surface area contributed by atoms with Crippen LogP contribution in [-0.4, -0.2) is 49.9 Å². The Labute approximate surface area is 142 Å². The SMILES string of the molecule is CC(Sc1nncn1CCc1cccs1)C(=O)N1CCNC1=O. The van der Waals surface area contributed by atoms with Crippen molar-refractivity contribution >= 4 is 35.0 Å². The maximum atomic E-state index is 12.3. The molecule has 0 aromatic carbocycles. The summed E-state index contributed by atoms with van der Waals surface area (Å²) in [5.41, 5.74) is 0. The molecule has 0 saturated carbocycles. The Balaban J connectivity index is 1.60.